The largest absolute Gasteiger partial charge is 0.483 e. The molecule has 0 fully saturated rings. The molecule has 0 radical (unpaired) electrons. The van der Waals surface area contributed by atoms with Crippen molar-refractivity contribution < 1.29 is 14.3 Å². The molecule has 0 saturated heterocycles. The Hall–Kier alpha value is -2.82. The van der Waals surface area contributed by atoms with Crippen molar-refractivity contribution in [1.29, 1.82) is 0 Å². The zero-order valence-corrected chi connectivity index (χ0v) is 19.7. The number of rotatable bonds is 10. The summed E-state index contributed by atoms with van der Waals surface area (Å²) in [6.07, 6.45) is 0.533. The average molecular weight is 425 g/mol. The summed E-state index contributed by atoms with van der Waals surface area (Å²) >= 11 is 0. The minimum Gasteiger partial charge on any atom is -0.483 e. The van der Waals surface area contributed by atoms with Gasteiger partial charge in [0.15, 0.2) is 6.61 Å². The molecule has 2 aromatic rings. The van der Waals surface area contributed by atoms with E-state index in [1.165, 1.54) is 0 Å². The Morgan fingerprint density at radius 3 is 2.32 bits per heavy atom. The molecule has 0 spiro atoms. The summed E-state index contributed by atoms with van der Waals surface area (Å²) in [6, 6.07) is 13.3. The summed E-state index contributed by atoms with van der Waals surface area (Å²) in [5.41, 5.74) is 4.27. The number of carbonyl (C=O) groups excluding carboxylic acids is 2. The summed E-state index contributed by atoms with van der Waals surface area (Å²) in [7, 11) is 0. The van der Waals surface area contributed by atoms with E-state index in [1.807, 2.05) is 70.2 Å². The van der Waals surface area contributed by atoms with E-state index in [0.717, 1.165) is 22.3 Å². The van der Waals surface area contributed by atoms with E-state index in [2.05, 4.69) is 19.2 Å². The fourth-order valence-electron chi connectivity index (χ4n) is 3.34. The smallest absolute Gasteiger partial charge is 0.261 e. The lowest BCUT2D eigenvalue weighted by Gasteiger charge is -2.31. The van der Waals surface area contributed by atoms with Gasteiger partial charge < -0.3 is 15.0 Å². The van der Waals surface area contributed by atoms with Crippen molar-refractivity contribution in [3.05, 3.63) is 64.7 Å². The van der Waals surface area contributed by atoms with Gasteiger partial charge in [0.2, 0.25) is 5.91 Å². The van der Waals surface area contributed by atoms with Crippen LogP contribution in [-0.4, -0.2) is 35.9 Å². The molecule has 1 atom stereocenters. The fraction of sp³-hybridized carbons (Fsp3) is 0.462. The summed E-state index contributed by atoms with van der Waals surface area (Å²) in [6.45, 7) is 12.9. The first-order valence-corrected chi connectivity index (χ1v) is 11.0. The predicted octanol–water partition coefficient (Wildman–Crippen LogP) is 4.57. The fourth-order valence-corrected chi connectivity index (χ4v) is 3.34. The molecular weight excluding hydrogens is 388 g/mol. The van der Waals surface area contributed by atoms with Crippen LogP contribution in [0, 0.1) is 26.7 Å². The molecule has 0 aromatic heterocycles. The summed E-state index contributed by atoms with van der Waals surface area (Å²) < 4.78 is 5.87. The Labute approximate surface area is 186 Å². The maximum absolute atomic E-state index is 13.2. The van der Waals surface area contributed by atoms with Gasteiger partial charge >= 0.3 is 0 Å². The van der Waals surface area contributed by atoms with E-state index < -0.39 is 6.04 Å². The molecule has 1 N–H and O–H groups in total. The molecule has 0 aliphatic carbocycles. The molecule has 2 rings (SSSR count). The van der Waals surface area contributed by atoms with Crippen LogP contribution in [0.2, 0.25) is 0 Å². The van der Waals surface area contributed by atoms with Crippen molar-refractivity contribution in [2.75, 3.05) is 13.2 Å². The maximum Gasteiger partial charge on any atom is 0.261 e. The van der Waals surface area contributed by atoms with Crippen LogP contribution in [0.4, 0.5) is 0 Å². The molecule has 5 nitrogen and oxygen atoms in total. The number of hydrogen-bond donors (Lipinski definition) is 1. The molecule has 5 heteroatoms. The number of hydrogen-bond acceptors (Lipinski definition) is 3. The number of amides is 2. The Morgan fingerprint density at radius 2 is 1.71 bits per heavy atom. The van der Waals surface area contributed by atoms with Gasteiger partial charge in [-0.3, -0.25) is 9.59 Å². The first kappa shape index (κ1) is 24.4. The lowest BCUT2D eigenvalue weighted by Crippen LogP contribution is -2.50. The maximum atomic E-state index is 13.2. The molecule has 168 valence electrons. The van der Waals surface area contributed by atoms with Crippen molar-refractivity contribution in [2.45, 2.75) is 60.5 Å². The summed E-state index contributed by atoms with van der Waals surface area (Å²) in [5.74, 6) is 0.715. The van der Waals surface area contributed by atoms with Gasteiger partial charge in [-0.2, -0.15) is 0 Å². The Kier molecular flexibility index (Phi) is 9.10. The third-order valence-corrected chi connectivity index (χ3v) is 5.45. The minimum absolute atomic E-state index is 0.107. The molecule has 31 heavy (non-hydrogen) atoms. The van der Waals surface area contributed by atoms with Crippen LogP contribution in [0.25, 0.3) is 0 Å². The highest BCUT2D eigenvalue weighted by Gasteiger charge is 2.29. The van der Waals surface area contributed by atoms with Crippen molar-refractivity contribution >= 4 is 11.8 Å². The quantitative estimate of drug-likeness (QED) is 0.608. The second-order valence-corrected chi connectivity index (χ2v) is 8.56. The van der Waals surface area contributed by atoms with E-state index in [9.17, 15) is 9.59 Å². The van der Waals surface area contributed by atoms with Gasteiger partial charge in [-0.15, -0.1) is 0 Å². The molecule has 0 bridgehead atoms. The minimum atomic E-state index is -0.547. The van der Waals surface area contributed by atoms with Gasteiger partial charge in [0, 0.05) is 13.1 Å². The van der Waals surface area contributed by atoms with Gasteiger partial charge in [0.05, 0.1) is 0 Å². The Balaban J connectivity index is 2.21. The molecule has 2 aromatic carbocycles. The lowest BCUT2D eigenvalue weighted by atomic mass is 10.1. The van der Waals surface area contributed by atoms with Crippen LogP contribution in [-0.2, 0) is 16.1 Å². The third-order valence-electron chi connectivity index (χ3n) is 5.45. The van der Waals surface area contributed by atoms with Gasteiger partial charge in [-0.1, -0.05) is 62.7 Å². The number of carbonyl (C=O) groups is 2. The second kappa shape index (κ2) is 11.5. The van der Waals surface area contributed by atoms with Crippen LogP contribution in [0.3, 0.4) is 0 Å². The average Bonchev–Trinajstić information content (AvgIpc) is 2.74. The number of nitrogens with zero attached hydrogens (tertiary/aromatic N) is 1. The van der Waals surface area contributed by atoms with E-state index >= 15 is 0 Å². The van der Waals surface area contributed by atoms with Crippen molar-refractivity contribution in [3.8, 4) is 5.75 Å². The van der Waals surface area contributed by atoms with Gasteiger partial charge in [0.1, 0.15) is 11.8 Å². The highest BCUT2D eigenvalue weighted by Crippen LogP contribution is 2.21. The standard InChI is InChI=1S/C26H36N2O3/c1-7-23(26(30)27-15-18(2)3)28(16-22-13-11-19(4)12-14-22)25(29)17-31-24-10-8-9-20(5)21(24)6/h8-14,18,23H,7,15-17H2,1-6H3,(H,27,30)/t23-/m1/s1. The topological polar surface area (TPSA) is 58.6 Å². The van der Waals surface area contributed by atoms with Crippen LogP contribution < -0.4 is 10.1 Å². The first-order valence-electron chi connectivity index (χ1n) is 11.0. The van der Waals surface area contributed by atoms with E-state index in [-0.39, 0.29) is 18.4 Å². The number of nitrogens with one attached hydrogen (secondary N) is 1. The SMILES string of the molecule is CC[C@H](C(=O)NCC(C)C)N(Cc1ccc(C)cc1)C(=O)COc1cccc(C)c1C. The van der Waals surface area contributed by atoms with Crippen LogP contribution in [0.15, 0.2) is 42.5 Å². The summed E-state index contributed by atoms with van der Waals surface area (Å²) in [4.78, 5) is 27.8. The van der Waals surface area contributed by atoms with Gasteiger partial charge in [-0.05, 0) is 55.9 Å². The van der Waals surface area contributed by atoms with E-state index in [4.69, 9.17) is 4.74 Å². The molecule has 2 amide bonds. The number of benzene rings is 2. The lowest BCUT2D eigenvalue weighted by molar-refractivity contribution is -0.143. The van der Waals surface area contributed by atoms with Crippen molar-refractivity contribution in [3.63, 3.8) is 0 Å². The first-order chi connectivity index (χ1) is 14.7. The zero-order valence-electron chi connectivity index (χ0n) is 19.7. The molecule has 0 aliphatic rings. The van der Waals surface area contributed by atoms with E-state index in [1.54, 1.807) is 4.90 Å². The Bertz CT molecular complexity index is 875. The molecule has 0 saturated carbocycles. The molecule has 0 unspecified atom stereocenters. The molecule has 0 heterocycles. The van der Waals surface area contributed by atoms with Crippen molar-refractivity contribution in [2.24, 2.45) is 5.92 Å². The zero-order chi connectivity index (χ0) is 23.0. The normalized spacial score (nSPS) is 11.8. The predicted molar refractivity (Wildman–Crippen MR) is 125 cm³/mol. The number of ether oxygens (including phenoxy) is 1. The molecular formula is C26H36N2O3. The van der Waals surface area contributed by atoms with Gasteiger partial charge in [-0.25, -0.2) is 0 Å². The van der Waals surface area contributed by atoms with Crippen molar-refractivity contribution in [1.82, 2.24) is 10.2 Å². The second-order valence-electron chi connectivity index (χ2n) is 8.56. The summed E-state index contributed by atoms with van der Waals surface area (Å²) in [5, 5.41) is 2.98. The number of aryl methyl sites for hydroxylation is 2. The van der Waals surface area contributed by atoms with E-state index in [0.29, 0.717) is 31.2 Å². The van der Waals surface area contributed by atoms with Crippen LogP contribution >= 0.6 is 0 Å². The molecule has 0 aliphatic heterocycles. The highest BCUT2D eigenvalue weighted by atomic mass is 16.5. The third kappa shape index (κ3) is 7.12. The highest BCUT2D eigenvalue weighted by molar-refractivity contribution is 5.88. The van der Waals surface area contributed by atoms with Crippen LogP contribution in [0.5, 0.6) is 5.75 Å². The van der Waals surface area contributed by atoms with Gasteiger partial charge in [0.25, 0.3) is 5.91 Å². The monoisotopic (exact) mass is 424 g/mol. The Morgan fingerprint density at radius 1 is 1.03 bits per heavy atom. The van der Waals surface area contributed by atoms with Crippen LogP contribution in [0.1, 0.15) is 49.4 Å².